The van der Waals surface area contributed by atoms with Gasteiger partial charge in [0.25, 0.3) is 5.91 Å². The molecule has 0 bridgehead atoms. The molecule has 1 aliphatic heterocycles. The summed E-state index contributed by atoms with van der Waals surface area (Å²) in [7, 11) is -3.79. The number of aliphatic carboxylic acids is 1. The maximum absolute atomic E-state index is 14.8. The maximum atomic E-state index is 14.8. The van der Waals surface area contributed by atoms with Crippen LogP contribution in [-0.2, 0) is 21.4 Å². The van der Waals surface area contributed by atoms with E-state index in [0.717, 1.165) is 66.7 Å². The highest BCUT2D eigenvalue weighted by molar-refractivity contribution is 7.89. The Hall–Kier alpha value is -2.90. The summed E-state index contributed by atoms with van der Waals surface area (Å²) in [5.41, 5.74) is 2.66. The molecule has 2 aromatic rings. The summed E-state index contributed by atoms with van der Waals surface area (Å²) < 4.78 is 77.4. The number of amides is 1. The Labute approximate surface area is 234 Å². The molecule has 4 rings (SSSR count). The lowest BCUT2D eigenvalue weighted by Crippen LogP contribution is -2.40. The standard InChI is InChI=1S/C24H28ClFN2O4S.C2HF3O2/c1-15-5-6-16(10-21(15)25)13-28-9-3-4-18(14-28)32-23-12-22(26)20(11-19(23)17-7-8-17)24(29)27-33(2,30)31;3-2(4,5)1(6)7/h5-6,10-12,17-18H,3-4,7-9,13-14H2,1-2H3,(H,27,29);(H,6,7)/t18-;/m1./s1. The quantitative estimate of drug-likeness (QED) is 0.424. The van der Waals surface area contributed by atoms with Gasteiger partial charge in [-0.1, -0.05) is 23.7 Å². The number of carbonyl (C=O) groups is 2. The van der Waals surface area contributed by atoms with E-state index >= 15 is 0 Å². The molecule has 40 heavy (non-hydrogen) atoms. The van der Waals surface area contributed by atoms with Crippen LogP contribution in [0.2, 0.25) is 5.02 Å². The van der Waals surface area contributed by atoms with Crippen molar-refractivity contribution in [2.45, 2.75) is 57.3 Å². The first-order chi connectivity index (χ1) is 18.5. The molecule has 1 atom stereocenters. The van der Waals surface area contributed by atoms with Crippen molar-refractivity contribution in [1.82, 2.24) is 9.62 Å². The van der Waals surface area contributed by atoms with E-state index in [-0.39, 0.29) is 17.6 Å². The first kappa shape index (κ1) is 31.6. The first-order valence-electron chi connectivity index (χ1n) is 12.3. The highest BCUT2D eigenvalue weighted by Crippen LogP contribution is 2.45. The molecule has 2 fully saturated rings. The number of piperidine rings is 1. The lowest BCUT2D eigenvalue weighted by atomic mass is 10.0. The second kappa shape index (κ2) is 12.7. The van der Waals surface area contributed by atoms with Gasteiger partial charge in [0.05, 0.1) is 11.8 Å². The molecular weight excluding hydrogens is 580 g/mol. The number of nitrogens with zero attached hydrogens (tertiary/aromatic N) is 1. The largest absolute Gasteiger partial charge is 0.490 e. The van der Waals surface area contributed by atoms with Crippen LogP contribution >= 0.6 is 11.6 Å². The van der Waals surface area contributed by atoms with Gasteiger partial charge in [-0.15, -0.1) is 0 Å². The number of rotatable bonds is 7. The number of ether oxygens (including phenoxy) is 1. The van der Waals surface area contributed by atoms with E-state index in [9.17, 15) is 30.8 Å². The number of nitrogens with one attached hydrogen (secondary N) is 1. The molecule has 0 spiro atoms. The zero-order chi connectivity index (χ0) is 29.8. The molecule has 1 saturated heterocycles. The van der Waals surface area contributed by atoms with Crippen molar-refractivity contribution in [2.24, 2.45) is 0 Å². The zero-order valence-electron chi connectivity index (χ0n) is 21.7. The molecular formula is C26H29ClF4N2O6S. The van der Waals surface area contributed by atoms with Gasteiger partial charge < -0.3 is 9.84 Å². The minimum atomic E-state index is -5.08. The van der Waals surface area contributed by atoms with E-state index in [0.29, 0.717) is 12.3 Å². The van der Waals surface area contributed by atoms with Gasteiger partial charge in [0, 0.05) is 24.2 Å². The van der Waals surface area contributed by atoms with Crippen molar-refractivity contribution < 1.29 is 45.4 Å². The molecule has 1 saturated carbocycles. The zero-order valence-corrected chi connectivity index (χ0v) is 23.3. The van der Waals surface area contributed by atoms with Gasteiger partial charge in [-0.05, 0) is 73.9 Å². The lowest BCUT2D eigenvalue weighted by Gasteiger charge is -2.33. The van der Waals surface area contributed by atoms with Crippen LogP contribution in [0.15, 0.2) is 30.3 Å². The van der Waals surface area contributed by atoms with E-state index in [2.05, 4.69) is 11.0 Å². The summed E-state index contributed by atoms with van der Waals surface area (Å²) >= 11 is 6.27. The minimum absolute atomic E-state index is 0.104. The smallest absolute Gasteiger partial charge is 0.489 e. The van der Waals surface area contributed by atoms with Crippen molar-refractivity contribution in [3.63, 3.8) is 0 Å². The number of sulfonamides is 1. The topological polar surface area (TPSA) is 113 Å². The number of halogens is 5. The van der Waals surface area contributed by atoms with Gasteiger partial charge in [-0.3, -0.25) is 9.69 Å². The number of hydrogen-bond donors (Lipinski definition) is 2. The molecule has 2 N–H and O–H groups in total. The number of carboxylic acids is 1. The van der Waals surface area contributed by atoms with Crippen LogP contribution < -0.4 is 9.46 Å². The first-order valence-corrected chi connectivity index (χ1v) is 14.6. The fourth-order valence-corrected chi connectivity index (χ4v) is 4.86. The minimum Gasteiger partial charge on any atom is -0.489 e. The van der Waals surface area contributed by atoms with E-state index in [1.165, 1.54) is 12.1 Å². The molecule has 0 unspecified atom stereocenters. The monoisotopic (exact) mass is 608 g/mol. The molecule has 8 nitrogen and oxygen atoms in total. The van der Waals surface area contributed by atoms with E-state index in [1.54, 1.807) is 0 Å². The summed E-state index contributed by atoms with van der Waals surface area (Å²) in [5, 5.41) is 7.88. The number of benzene rings is 2. The lowest BCUT2D eigenvalue weighted by molar-refractivity contribution is -0.192. The Kier molecular flexibility index (Phi) is 10.1. The fourth-order valence-electron chi connectivity index (χ4n) is 4.21. The second-order valence-corrected chi connectivity index (χ2v) is 12.0. The summed E-state index contributed by atoms with van der Waals surface area (Å²) in [6.45, 7) is 4.38. The summed E-state index contributed by atoms with van der Waals surface area (Å²) in [5.74, 6) is -3.88. The molecule has 2 aliphatic rings. The number of alkyl halides is 3. The Morgan fingerprint density at radius 1 is 1.18 bits per heavy atom. The molecule has 14 heteroatoms. The van der Waals surface area contributed by atoms with Crippen LogP contribution in [0.4, 0.5) is 17.6 Å². The number of likely N-dealkylation sites (tertiary alicyclic amines) is 1. The molecule has 1 heterocycles. The van der Waals surface area contributed by atoms with Gasteiger partial charge >= 0.3 is 12.1 Å². The third-order valence-corrected chi connectivity index (χ3v) is 7.24. The van der Waals surface area contributed by atoms with Crippen molar-refractivity contribution in [2.75, 3.05) is 19.3 Å². The third kappa shape index (κ3) is 9.34. The van der Waals surface area contributed by atoms with E-state index in [4.69, 9.17) is 26.2 Å². The van der Waals surface area contributed by atoms with Gasteiger partial charge in [0.1, 0.15) is 17.7 Å². The van der Waals surface area contributed by atoms with Crippen LogP contribution in [0.1, 0.15) is 58.6 Å². The van der Waals surface area contributed by atoms with Crippen LogP contribution in [0.25, 0.3) is 0 Å². The molecule has 0 radical (unpaired) electrons. The average molecular weight is 609 g/mol. The molecule has 220 valence electrons. The van der Waals surface area contributed by atoms with E-state index < -0.39 is 33.9 Å². The van der Waals surface area contributed by atoms with Crippen molar-refractivity contribution in [1.29, 1.82) is 0 Å². The third-order valence-electron chi connectivity index (χ3n) is 6.28. The molecule has 1 amide bonds. The van der Waals surface area contributed by atoms with Gasteiger partial charge in [-0.25, -0.2) is 22.3 Å². The fraction of sp³-hybridized carbons (Fsp3) is 0.462. The highest BCUT2D eigenvalue weighted by Gasteiger charge is 2.38. The Morgan fingerprint density at radius 3 is 2.38 bits per heavy atom. The summed E-state index contributed by atoms with van der Waals surface area (Å²) in [6, 6.07) is 8.75. The highest BCUT2D eigenvalue weighted by atomic mass is 35.5. The Bertz CT molecular complexity index is 1370. The normalized spacial score (nSPS) is 17.9. The predicted octanol–water partition coefficient (Wildman–Crippen LogP) is 5.03. The summed E-state index contributed by atoms with van der Waals surface area (Å²) in [4.78, 5) is 23.4. The average Bonchev–Trinajstić information content (AvgIpc) is 3.66. The number of carbonyl (C=O) groups excluding carboxylic acids is 1. The van der Waals surface area contributed by atoms with Crippen LogP contribution in [0.5, 0.6) is 5.75 Å². The molecule has 0 aromatic heterocycles. The van der Waals surface area contributed by atoms with Crippen LogP contribution in [0, 0.1) is 12.7 Å². The predicted molar refractivity (Wildman–Crippen MR) is 139 cm³/mol. The SMILES string of the molecule is Cc1ccc(CN2CCC[C@@H](Oc3cc(F)c(C(=O)NS(C)(=O)=O)cc3C3CC3)C2)cc1Cl.O=C(O)C(F)(F)F. The van der Waals surface area contributed by atoms with Crippen LogP contribution in [0.3, 0.4) is 0 Å². The number of aryl methyl sites for hydroxylation is 1. The Balaban J connectivity index is 0.000000559. The molecule has 2 aromatic carbocycles. The van der Waals surface area contributed by atoms with Crippen LogP contribution in [-0.4, -0.2) is 61.9 Å². The number of carboxylic acid groups (broad SMARTS) is 1. The van der Waals surface area contributed by atoms with Gasteiger partial charge in [0.2, 0.25) is 10.0 Å². The number of hydrogen-bond acceptors (Lipinski definition) is 6. The Morgan fingerprint density at radius 2 is 1.82 bits per heavy atom. The van der Waals surface area contributed by atoms with Gasteiger partial charge in [0.15, 0.2) is 0 Å². The van der Waals surface area contributed by atoms with Crippen molar-refractivity contribution in [3.8, 4) is 5.75 Å². The molecule has 1 aliphatic carbocycles. The van der Waals surface area contributed by atoms with E-state index in [1.807, 2.05) is 23.8 Å². The maximum Gasteiger partial charge on any atom is 0.490 e. The summed E-state index contributed by atoms with van der Waals surface area (Å²) in [6.07, 6.45) is -0.651. The van der Waals surface area contributed by atoms with Gasteiger partial charge in [-0.2, -0.15) is 13.2 Å². The second-order valence-electron chi connectivity index (χ2n) is 9.85. The van der Waals surface area contributed by atoms with Crippen molar-refractivity contribution in [3.05, 3.63) is 63.4 Å². The van der Waals surface area contributed by atoms with Crippen molar-refractivity contribution >= 4 is 33.5 Å².